The lowest BCUT2D eigenvalue weighted by atomic mass is 9.64. The first-order chi connectivity index (χ1) is 5.84. The van der Waals surface area contributed by atoms with Gasteiger partial charge >= 0.3 is 5.97 Å². The van der Waals surface area contributed by atoms with Crippen molar-refractivity contribution < 1.29 is 14.7 Å². The van der Waals surface area contributed by atoms with Gasteiger partial charge in [0.05, 0.1) is 5.92 Å². The maximum atomic E-state index is 11.3. The smallest absolute Gasteiger partial charge is 0.307 e. The van der Waals surface area contributed by atoms with Crippen molar-refractivity contribution in [2.24, 2.45) is 17.3 Å². The Morgan fingerprint density at radius 1 is 1.54 bits per heavy atom. The van der Waals surface area contributed by atoms with E-state index in [2.05, 4.69) is 0 Å². The molecule has 1 aliphatic rings. The molecule has 1 aliphatic carbocycles. The minimum atomic E-state index is -0.773. The predicted molar refractivity (Wildman–Crippen MR) is 48.3 cm³/mol. The van der Waals surface area contributed by atoms with Gasteiger partial charge in [0, 0.05) is 12.8 Å². The van der Waals surface area contributed by atoms with Gasteiger partial charge < -0.3 is 5.11 Å². The second-order valence-electron chi connectivity index (χ2n) is 4.70. The molecule has 1 N–H and O–H groups in total. The van der Waals surface area contributed by atoms with Crippen molar-refractivity contribution in [2.75, 3.05) is 0 Å². The largest absolute Gasteiger partial charge is 0.481 e. The molecule has 2 atom stereocenters. The Morgan fingerprint density at radius 2 is 2.08 bits per heavy atom. The molecule has 0 bridgehead atoms. The summed E-state index contributed by atoms with van der Waals surface area (Å²) in [6.07, 6.45) is 0.814. The fourth-order valence-corrected chi connectivity index (χ4v) is 2.52. The van der Waals surface area contributed by atoms with Gasteiger partial charge in [-0.15, -0.1) is 0 Å². The molecule has 0 spiro atoms. The minimum Gasteiger partial charge on any atom is -0.481 e. The third-order valence-electron chi connectivity index (χ3n) is 2.88. The summed E-state index contributed by atoms with van der Waals surface area (Å²) in [6, 6.07) is 0. The van der Waals surface area contributed by atoms with Crippen LogP contribution in [-0.4, -0.2) is 16.9 Å². The van der Waals surface area contributed by atoms with E-state index in [1.54, 1.807) is 0 Å². The zero-order chi connectivity index (χ0) is 10.2. The first-order valence-electron chi connectivity index (χ1n) is 4.59. The van der Waals surface area contributed by atoms with Crippen LogP contribution in [0.2, 0.25) is 0 Å². The van der Waals surface area contributed by atoms with E-state index >= 15 is 0 Å². The standard InChI is InChI=1S/C10H16O3/c1-6-4-7(11)5-10(2,3)8(6)9(12)13/h6,8H,4-5H2,1-3H3,(H,12,13). The van der Waals surface area contributed by atoms with E-state index < -0.39 is 5.97 Å². The minimum absolute atomic E-state index is 0.0336. The van der Waals surface area contributed by atoms with E-state index in [4.69, 9.17) is 5.11 Å². The summed E-state index contributed by atoms with van der Waals surface area (Å²) >= 11 is 0. The number of carboxylic acid groups (broad SMARTS) is 1. The van der Waals surface area contributed by atoms with Crippen LogP contribution < -0.4 is 0 Å². The van der Waals surface area contributed by atoms with E-state index in [0.29, 0.717) is 12.8 Å². The molecular weight excluding hydrogens is 168 g/mol. The van der Waals surface area contributed by atoms with Crippen LogP contribution in [0.25, 0.3) is 0 Å². The Bertz CT molecular complexity index is 243. The Hall–Kier alpha value is -0.860. The fraction of sp³-hybridized carbons (Fsp3) is 0.800. The quantitative estimate of drug-likeness (QED) is 0.675. The molecule has 0 aromatic heterocycles. The second-order valence-corrected chi connectivity index (χ2v) is 4.70. The SMILES string of the molecule is CC1CC(=O)CC(C)(C)C1C(=O)O. The molecule has 0 aliphatic heterocycles. The molecular formula is C10H16O3. The summed E-state index contributed by atoms with van der Waals surface area (Å²) in [6.45, 7) is 5.57. The zero-order valence-electron chi connectivity index (χ0n) is 8.33. The van der Waals surface area contributed by atoms with Gasteiger partial charge in [-0.2, -0.15) is 0 Å². The van der Waals surface area contributed by atoms with Crippen molar-refractivity contribution in [3.63, 3.8) is 0 Å². The average molecular weight is 184 g/mol. The summed E-state index contributed by atoms with van der Waals surface area (Å²) in [7, 11) is 0. The van der Waals surface area contributed by atoms with Crippen molar-refractivity contribution in [1.82, 2.24) is 0 Å². The molecule has 0 radical (unpaired) electrons. The molecule has 13 heavy (non-hydrogen) atoms. The van der Waals surface area contributed by atoms with Crippen molar-refractivity contribution in [3.8, 4) is 0 Å². The van der Waals surface area contributed by atoms with Gasteiger partial charge in [-0.1, -0.05) is 20.8 Å². The first-order valence-corrected chi connectivity index (χ1v) is 4.59. The Labute approximate surface area is 78.1 Å². The number of carbonyl (C=O) groups excluding carboxylic acids is 1. The highest BCUT2D eigenvalue weighted by Crippen LogP contribution is 2.42. The normalized spacial score (nSPS) is 33.0. The first kappa shape index (κ1) is 10.2. The molecule has 74 valence electrons. The van der Waals surface area contributed by atoms with Gasteiger partial charge in [0.1, 0.15) is 5.78 Å². The van der Waals surface area contributed by atoms with Crippen LogP contribution in [-0.2, 0) is 9.59 Å². The summed E-state index contributed by atoms with van der Waals surface area (Å²) in [5.74, 6) is -1.00. The van der Waals surface area contributed by atoms with Crippen LogP contribution in [0.15, 0.2) is 0 Å². The van der Waals surface area contributed by atoms with Gasteiger partial charge in [-0.3, -0.25) is 9.59 Å². The molecule has 0 saturated heterocycles. The Morgan fingerprint density at radius 3 is 2.46 bits per heavy atom. The monoisotopic (exact) mass is 184 g/mol. The highest BCUT2D eigenvalue weighted by atomic mass is 16.4. The number of aliphatic carboxylic acids is 1. The number of carboxylic acids is 1. The molecule has 1 rings (SSSR count). The van der Waals surface area contributed by atoms with E-state index in [-0.39, 0.29) is 23.0 Å². The highest BCUT2D eigenvalue weighted by Gasteiger charge is 2.44. The van der Waals surface area contributed by atoms with Crippen molar-refractivity contribution in [1.29, 1.82) is 0 Å². The van der Waals surface area contributed by atoms with Crippen molar-refractivity contribution >= 4 is 11.8 Å². The highest BCUT2D eigenvalue weighted by molar-refractivity contribution is 5.83. The summed E-state index contributed by atoms with van der Waals surface area (Å²) in [5.41, 5.74) is -0.388. The second kappa shape index (κ2) is 3.13. The number of carbonyl (C=O) groups is 2. The molecule has 3 heteroatoms. The van der Waals surface area contributed by atoms with Crippen LogP contribution in [0, 0.1) is 17.3 Å². The molecule has 2 unspecified atom stereocenters. The molecule has 0 amide bonds. The maximum Gasteiger partial charge on any atom is 0.307 e. The average Bonchev–Trinajstić information content (AvgIpc) is 1.78. The van der Waals surface area contributed by atoms with E-state index in [0.717, 1.165) is 0 Å². The predicted octanol–water partition coefficient (Wildman–Crippen LogP) is 1.71. The number of Topliss-reactive ketones (excluding diaryl/α,β-unsaturated/α-hetero) is 1. The van der Waals surface area contributed by atoms with Gasteiger partial charge in [-0.05, 0) is 11.3 Å². The summed E-state index contributed by atoms with van der Waals surface area (Å²) in [5, 5.41) is 9.02. The van der Waals surface area contributed by atoms with E-state index in [1.807, 2.05) is 20.8 Å². The molecule has 3 nitrogen and oxygen atoms in total. The zero-order valence-corrected chi connectivity index (χ0v) is 8.33. The lowest BCUT2D eigenvalue weighted by molar-refractivity contribution is -0.152. The third kappa shape index (κ3) is 1.90. The molecule has 0 aromatic carbocycles. The molecule has 0 heterocycles. The van der Waals surface area contributed by atoms with Crippen LogP contribution in [0.5, 0.6) is 0 Å². The van der Waals surface area contributed by atoms with Gasteiger partial charge in [0.25, 0.3) is 0 Å². The summed E-state index contributed by atoms with van der Waals surface area (Å²) in [4.78, 5) is 22.2. The fourth-order valence-electron chi connectivity index (χ4n) is 2.52. The van der Waals surface area contributed by atoms with Crippen molar-refractivity contribution in [2.45, 2.75) is 33.6 Å². The Kier molecular flexibility index (Phi) is 2.46. The number of ketones is 1. The van der Waals surface area contributed by atoms with E-state index in [9.17, 15) is 9.59 Å². The molecule has 1 saturated carbocycles. The summed E-state index contributed by atoms with van der Waals surface area (Å²) < 4.78 is 0. The Balaban J connectivity index is 2.92. The number of rotatable bonds is 1. The number of hydrogen-bond acceptors (Lipinski definition) is 2. The van der Waals surface area contributed by atoms with Crippen molar-refractivity contribution in [3.05, 3.63) is 0 Å². The van der Waals surface area contributed by atoms with Crippen LogP contribution in [0.3, 0.4) is 0 Å². The van der Waals surface area contributed by atoms with Gasteiger partial charge in [0.2, 0.25) is 0 Å². The number of hydrogen-bond donors (Lipinski definition) is 1. The van der Waals surface area contributed by atoms with Gasteiger partial charge in [0.15, 0.2) is 0 Å². The van der Waals surface area contributed by atoms with Crippen LogP contribution >= 0.6 is 0 Å². The third-order valence-corrected chi connectivity index (χ3v) is 2.88. The van der Waals surface area contributed by atoms with Gasteiger partial charge in [-0.25, -0.2) is 0 Å². The van der Waals surface area contributed by atoms with E-state index in [1.165, 1.54) is 0 Å². The topological polar surface area (TPSA) is 54.4 Å². The lowest BCUT2D eigenvalue weighted by Crippen LogP contribution is -2.42. The molecule has 0 aromatic rings. The van der Waals surface area contributed by atoms with Crippen LogP contribution in [0.4, 0.5) is 0 Å². The van der Waals surface area contributed by atoms with Crippen LogP contribution in [0.1, 0.15) is 33.6 Å². The molecule has 1 fully saturated rings. The lowest BCUT2D eigenvalue weighted by Gasteiger charge is -2.39. The maximum absolute atomic E-state index is 11.3.